The van der Waals surface area contributed by atoms with Crippen LogP contribution in [0.25, 0.3) is 0 Å². The Morgan fingerprint density at radius 2 is 2.00 bits per heavy atom. The summed E-state index contributed by atoms with van der Waals surface area (Å²) in [5.41, 5.74) is 1.23. The standard InChI is InChI=1S/C17H26N2O3/c1-22-14-10-8-13(9-11-14)5-4-12-18-17(21)19-15-6-2-3-7-16(15)20/h8-11,15-16,20H,2-7,12H2,1H3,(H2,18,19,21). The van der Waals surface area contributed by atoms with Crippen LogP contribution in [0.3, 0.4) is 0 Å². The number of carbonyl (C=O) groups excluding carboxylic acids is 1. The highest BCUT2D eigenvalue weighted by molar-refractivity contribution is 5.74. The number of hydrogen-bond acceptors (Lipinski definition) is 3. The third-order valence-corrected chi connectivity index (χ3v) is 4.13. The van der Waals surface area contributed by atoms with E-state index in [9.17, 15) is 9.90 Å². The molecule has 5 heteroatoms. The van der Waals surface area contributed by atoms with Gasteiger partial charge >= 0.3 is 6.03 Å². The first-order chi connectivity index (χ1) is 10.7. The van der Waals surface area contributed by atoms with Crippen LogP contribution in [0.2, 0.25) is 0 Å². The van der Waals surface area contributed by atoms with Gasteiger partial charge in [0.05, 0.1) is 19.3 Å². The fourth-order valence-electron chi connectivity index (χ4n) is 2.79. The van der Waals surface area contributed by atoms with Crippen LogP contribution in [0, 0.1) is 0 Å². The highest BCUT2D eigenvalue weighted by Gasteiger charge is 2.24. The Hall–Kier alpha value is -1.75. The average Bonchev–Trinajstić information content (AvgIpc) is 2.54. The van der Waals surface area contributed by atoms with Crippen molar-refractivity contribution in [1.82, 2.24) is 10.6 Å². The lowest BCUT2D eigenvalue weighted by molar-refractivity contribution is 0.0943. The number of nitrogens with one attached hydrogen (secondary N) is 2. The third-order valence-electron chi connectivity index (χ3n) is 4.13. The van der Waals surface area contributed by atoms with E-state index in [1.807, 2.05) is 24.3 Å². The maximum atomic E-state index is 11.8. The SMILES string of the molecule is COc1ccc(CCCNC(=O)NC2CCCCC2O)cc1. The predicted octanol–water partition coefficient (Wildman–Crippen LogP) is 2.23. The Bertz CT molecular complexity index is 461. The van der Waals surface area contributed by atoms with E-state index in [2.05, 4.69) is 10.6 Å². The number of carbonyl (C=O) groups is 1. The number of methoxy groups -OCH3 is 1. The lowest BCUT2D eigenvalue weighted by atomic mass is 9.93. The number of hydrogen-bond donors (Lipinski definition) is 3. The monoisotopic (exact) mass is 306 g/mol. The van der Waals surface area contributed by atoms with E-state index in [4.69, 9.17) is 4.74 Å². The van der Waals surface area contributed by atoms with Gasteiger partial charge in [0.25, 0.3) is 0 Å². The van der Waals surface area contributed by atoms with Gasteiger partial charge in [0.1, 0.15) is 5.75 Å². The summed E-state index contributed by atoms with van der Waals surface area (Å²) in [6, 6.07) is 7.69. The second-order valence-electron chi connectivity index (χ2n) is 5.81. The Morgan fingerprint density at radius 3 is 2.68 bits per heavy atom. The first kappa shape index (κ1) is 16.6. The quantitative estimate of drug-likeness (QED) is 0.706. The van der Waals surface area contributed by atoms with Gasteiger partial charge in [-0.1, -0.05) is 25.0 Å². The van der Waals surface area contributed by atoms with Crippen molar-refractivity contribution < 1.29 is 14.6 Å². The van der Waals surface area contributed by atoms with Crippen molar-refractivity contribution in [1.29, 1.82) is 0 Å². The van der Waals surface area contributed by atoms with Gasteiger partial charge in [-0.15, -0.1) is 0 Å². The molecule has 1 aromatic carbocycles. The zero-order valence-electron chi connectivity index (χ0n) is 13.2. The second kappa shape index (κ2) is 8.63. The molecule has 2 rings (SSSR count). The molecule has 0 radical (unpaired) electrons. The van der Waals surface area contributed by atoms with Gasteiger partial charge < -0.3 is 20.5 Å². The van der Waals surface area contributed by atoms with Gasteiger partial charge in [-0.3, -0.25) is 0 Å². The molecule has 0 heterocycles. The molecule has 2 atom stereocenters. The van der Waals surface area contributed by atoms with Crippen LogP contribution >= 0.6 is 0 Å². The molecular formula is C17H26N2O3. The van der Waals surface area contributed by atoms with Gasteiger partial charge in [-0.05, 0) is 43.4 Å². The number of rotatable bonds is 6. The molecule has 1 saturated carbocycles. The van der Waals surface area contributed by atoms with E-state index in [-0.39, 0.29) is 12.1 Å². The van der Waals surface area contributed by atoms with E-state index in [1.165, 1.54) is 5.56 Å². The van der Waals surface area contributed by atoms with Crippen LogP contribution in [0.15, 0.2) is 24.3 Å². The van der Waals surface area contributed by atoms with Crippen molar-refractivity contribution in [2.24, 2.45) is 0 Å². The zero-order valence-corrected chi connectivity index (χ0v) is 13.2. The fraction of sp³-hybridized carbons (Fsp3) is 0.588. The highest BCUT2D eigenvalue weighted by atomic mass is 16.5. The first-order valence-corrected chi connectivity index (χ1v) is 8.04. The number of aliphatic hydroxyl groups is 1. The van der Waals surface area contributed by atoms with Gasteiger partial charge in [0, 0.05) is 6.54 Å². The molecule has 0 saturated heterocycles. The summed E-state index contributed by atoms with van der Waals surface area (Å²) in [4.78, 5) is 11.8. The number of ether oxygens (including phenoxy) is 1. The molecule has 5 nitrogen and oxygen atoms in total. The molecule has 1 aliphatic carbocycles. The van der Waals surface area contributed by atoms with Crippen molar-refractivity contribution in [3.63, 3.8) is 0 Å². The summed E-state index contributed by atoms with van der Waals surface area (Å²) in [7, 11) is 1.65. The molecular weight excluding hydrogens is 280 g/mol. The maximum absolute atomic E-state index is 11.8. The van der Waals surface area contributed by atoms with Crippen LogP contribution < -0.4 is 15.4 Å². The summed E-state index contributed by atoms with van der Waals surface area (Å²) in [6.07, 6.45) is 5.15. The van der Waals surface area contributed by atoms with E-state index in [0.717, 1.165) is 44.3 Å². The molecule has 2 amide bonds. The van der Waals surface area contributed by atoms with Crippen molar-refractivity contribution in [3.8, 4) is 5.75 Å². The molecule has 1 fully saturated rings. The van der Waals surface area contributed by atoms with E-state index < -0.39 is 6.10 Å². The van der Waals surface area contributed by atoms with Crippen molar-refractivity contribution in [2.45, 2.75) is 50.7 Å². The third kappa shape index (κ3) is 5.22. The number of amides is 2. The van der Waals surface area contributed by atoms with Crippen LogP contribution in [0.1, 0.15) is 37.7 Å². The summed E-state index contributed by atoms with van der Waals surface area (Å²) in [5.74, 6) is 0.854. The van der Waals surface area contributed by atoms with Gasteiger partial charge in [0.2, 0.25) is 0 Å². The molecule has 122 valence electrons. The van der Waals surface area contributed by atoms with Crippen LogP contribution in [0.4, 0.5) is 4.79 Å². The lowest BCUT2D eigenvalue weighted by Crippen LogP contribution is -2.49. The minimum atomic E-state index is -0.404. The number of aryl methyl sites for hydroxylation is 1. The van der Waals surface area contributed by atoms with E-state index >= 15 is 0 Å². The van der Waals surface area contributed by atoms with E-state index in [0.29, 0.717) is 6.54 Å². The van der Waals surface area contributed by atoms with Crippen molar-refractivity contribution >= 4 is 6.03 Å². The second-order valence-corrected chi connectivity index (χ2v) is 5.81. The zero-order chi connectivity index (χ0) is 15.8. The van der Waals surface area contributed by atoms with E-state index in [1.54, 1.807) is 7.11 Å². The van der Waals surface area contributed by atoms with Crippen LogP contribution in [-0.4, -0.2) is 36.9 Å². The van der Waals surface area contributed by atoms with Crippen molar-refractivity contribution in [3.05, 3.63) is 29.8 Å². The van der Waals surface area contributed by atoms with Crippen LogP contribution in [0.5, 0.6) is 5.75 Å². The molecule has 1 aliphatic rings. The fourth-order valence-corrected chi connectivity index (χ4v) is 2.79. The molecule has 0 aromatic heterocycles. The smallest absolute Gasteiger partial charge is 0.315 e. The largest absolute Gasteiger partial charge is 0.497 e. The van der Waals surface area contributed by atoms with Gasteiger partial charge in [0.15, 0.2) is 0 Å². The summed E-state index contributed by atoms with van der Waals surface area (Å²) in [6.45, 7) is 0.626. The Kier molecular flexibility index (Phi) is 6.52. The van der Waals surface area contributed by atoms with Gasteiger partial charge in [-0.2, -0.15) is 0 Å². The normalized spacial score (nSPS) is 21.2. The minimum absolute atomic E-state index is 0.102. The maximum Gasteiger partial charge on any atom is 0.315 e. The molecule has 0 spiro atoms. The molecule has 0 aliphatic heterocycles. The van der Waals surface area contributed by atoms with Gasteiger partial charge in [-0.25, -0.2) is 4.79 Å². The predicted molar refractivity (Wildman–Crippen MR) is 86.1 cm³/mol. The average molecular weight is 306 g/mol. The molecule has 2 unspecified atom stereocenters. The highest BCUT2D eigenvalue weighted by Crippen LogP contribution is 2.18. The molecule has 1 aromatic rings. The minimum Gasteiger partial charge on any atom is -0.497 e. The Morgan fingerprint density at radius 1 is 1.27 bits per heavy atom. The molecule has 3 N–H and O–H groups in total. The van der Waals surface area contributed by atoms with Crippen molar-refractivity contribution in [2.75, 3.05) is 13.7 Å². The number of benzene rings is 1. The Labute approximate surface area is 132 Å². The lowest BCUT2D eigenvalue weighted by Gasteiger charge is -2.28. The summed E-state index contributed by atoms with van der Waals surface area (Å²) >= 11 is 0. The summed E-state index contributed by atoms with van der Waals surface area (Å²) < 4.78 is 5.12. The van der Waals surface area contributed by atoms with Crippen LogP contribution in [-0.2, 0) is 6.42 Å². The Balaban J connectivity index is 1.62. The molecule has 22 heavy (non-hydrogen) atoms. The number of urea groups is 1. The number of aliphatic hydroxyl groups excluding tert-OH is 1. The molecule has 0 bridgehead atoms. The topological polar surface area (TPSA) is 70.6 Å². The summed E-state index contributed by atoms with van der Waals surface area (Å²) in [5, 5.41) is 15.6. The first-order valence-electron chi connectivity index (χ1n) is 8.04.